The Balaban J connectivity index is 2.14. The second kappa shape index (κ2) is 7.28. The maximum atomic E-state index is 15.1. The van der Waals surface area contributed by atoms with Crippen LogP contribution in [0.2, 0.25) is 0 Å². The van der Waals surface area contributed by atoms with Crippen molar-refractivity contribution in [3.63, 3.8) is 0 Å². The van der Waals surface area contributed by atoms with Gasteiger partial charge in [0.2, 0.25) is 0 Å². The van der Waals surface area contributed by atoms with Gasteiger partial charge < -0.3 is 16.0 Å². The zero-order chi connectivity index (χ0) is 19.7. The predicted molar refractivity (Wildman–Crippen MR) is 103 cm³/mol. The molecule has 0 radical (unpaired) electrons. The normalized spacial score (nSPS) is 16.4. The molecule has 5 nitrogen and oxygen atoms in total. The van der Waals surface area contributed by atoms with Gasteiger partial charge in [-0.15, -0.1) is 0 Å². The molecule has 1 aliphatic rings. The molecule has 0 saturated carbocycles. The zero-order valence-electron chi connectivity index (χ0n) is 15.6. The van der Waals surface area contributed by atoms with Gasteiger partial charge in [-0.2, -0.15) is 0 Å². The number of fused-ring (bicyclic) bond motifs is 1. The van der Waals surface area contributed by atoms with Gasteiger partial charge in [-0.25, -0.2) is 4.39 Å². The average molecular weight is 367 g/mol. The maximum absolute atomic E-state index is 15.1. The van der Waals surface area contributed by atoms with E-state index in [1.54, 1.807) is 6.92 Å². The molecule has 0 saturated heterocycles. The third-order valence-electron chi connectivity index (χ3n) is 5.08. The molecule has 3 rings (SSSR count). The van der Waals surface area contributed by atoms with Crippen LogP contribution < -0.4 is 11.1 Å². The molecule has 2 aromatic rings. The number of carbonyl (C=O) groups excluding carboxylic acids is 2. The molecule has 6 heteroatoms. The summed E-state index contributed by atoms with van der Waals surface area (Å²) in [6, 6.07) is 1.21. The molecule has 0 unspecified atom stereocenters. The Morgan fingerprint density at radius 3 is 2.78 bits per heavy atom. The monoisotopic (exact) mass is 367 g/mol. The highest BCUT2D eigenvalue weighted by Crippen LogP contribution is 2.39. The van der Waals surface area contributed by atoms with E-state index in [9.17, 15) is 9.59 Å². The Morgan fingerprint density at radius 2 is 2.11 bits per heavy atom. The number of nitrogens with one attached hydrogen (secondary N) is 2. The third-order valence-corrected chi connectivity index (χ3v) is 5.08. The maximum Gasteiger partial charge on any atom is 0.299 e. The van der Waals surface area contributed by atoms with E-state index >= 15 is 4.39 Å². The number of nitrogens with two attached hydrogens (primary N) is 1. The van der Waals surface area contributed by atoms with Crippen molar-refractivity contribution in [3.8, 4) is 11.8 Å². The van der Waals surface area contributed by atoms with E-state index in [2.05, 4.69) is 22.1 Å². The molecule has 1 heterocycles. The predicted octanol–water partition coefficient (Wildman–Crippen LogP) is 3.31. The molecule has 27 heavy (non-hydrogen) atoms. The number of amides is 2. The quantitative estimate of drug-likeness (QED) is 0.727. The molecule has 0 bridgehead atoms. The molecule has 1 aliphatic carbocycles. The smallest absolute Gasteiger partial charge is 0.299 e. The molecule has 0 fully saturated rings. The molecular formula is C21H22FN3O2. The van der Waals surface area contributed by atoms with Gasteiger partial charge in [-0.3, -0.25) is 9.59 Å². The summed E-state index contributed by atoms with van der Waals surface area (Å²) in [5.74, 6) is 3.31. The number of allylic oxidation sites excluding steroid dienone is 2. The number of aryl methyl sites for hydroxylation is 2. The van der Waals surface area contributed by atoms with Crippen LogP contribution in [0.1, 0.15) is 59.3 Å². The van der Waals surface area contributed by atoms with Crippen LogP contribution in [0.25, 0.3) is 10.9 Å². The fourth-order valence-electron chi connectivity index (χ4n) is 3.75. The van der Waals surface area contributed by atoms with E-state index in [0.29, 0.717) is 22.9 Å². The van der Waals surface area contributed by atoms with Crippen molar-refractivity contribution >= 4 is 22.7 Å². The average Bonchev–Trinajstić information content (AvgIpc) is 2.90. The number of aromatic amines is 1. The number of benzene rings is 1. The molecule has 0 aliphatic heterocycles. The van der Waals surface area contributed by atoms with Crippen molar-refractivity contribution in [2.75, 3.05) is 0 Å². The van der Waals surface area contributed by atoms with Crippen LogP contribution >= 0.6 is 0 Å². The van der Waals surface area contributed by atoms with Crippen molar-refractivity contribution < 1.29 is 14.0 Å². The highest BCUT2D eigenvalue weighted by atomic mass is 19.1. The lowest BCUT2D eigenvalue weighted by Crippen LogP contribution is -2.23. The molecule has 0 spiro atoms. The first-order chi connectivity index (χ1) is 12.8. The molecule has 1 atom stereocenters. The molecule has 4 N–H and O–H groups in total. The van der Waals surface area contributed by atoms with Gasteiger partial charge in [0, 0.05) is 28.3 Å². The van der Waals surface area contributed by atoms with Gasteiger partial charge in [-0.1, -0.05) is 12.0 Å². The summed E-state index contributed by atoms with van der Waals surface area (Å²) in [7, 11) is 0. The van der Waals surface area contributed by atoms with Crippen LogP contribution in [-0.4, -0.2) is 16.8 Å². The minimum Gasteiger partial charge on any atom is -0.366 e. The number of aromatic nitrogens is 1. The number of carbonyl (C=O) groups is 2. The summed E-state index contributed by atoms with van der Waals surface area (Å²) in [5.41, 5.74) is 9.19. The van der Waals surface area contributed by atoms with E-state index in [4.69, 9.17) is 5.73 Å². The molecule has 140 valence electrons. The Kier molecular flexibility index (Phi) is 5.04. The summed E-state index contributed by atoms with van der Waals surface area (Å²) >= 11 is 0. The first-order valence-electron chi connectivity index (χ1n) is 8.89. The van der Waals surface area contributed by atoms with Gasteiger partial charge in [0.05, 0.1) is 11.1 Å². The van der Waals surface area contributed by atoms with Crippen molar-refractivity contribution in [1.29, 1.82) is 0 Å². The number of primary amides is 1. The van der Waals surface area contributed by atoms with E-state index in [-0.39, 0.29) is 17.4 Å². The summed E-state index contributed by atoms with van der Waals surface area (Å²) in [6.45, 7) is 5.38. The van der Waals surface area contributed by atoms with E-state index in [1.165, 1.54) is 6.07 Å². The summed E-state index contributed by atoms with van der Waals surface area (Å²) in [6.07, 6.45) is 4.17. The van der Waals surface area contributed by atoms with Gasteiger partial charge in [0.1, 0.15) is 5.82 Å². The number of rotatable bonds is 3. The Hall–Kier alpha value is -3.07. The molecular weight excluding hydrogens is 345 g/mol. The summed E-state index contributed by atoms with van der Waals surface area (Å²) < 4.78 is 15.1. The van der Waals surface area contributed by atoms with Crippen LogP contribution in [0, 0.1) is 31.5 Å². The van der Waals surface area contributed by atoms with Gasteiger partial charge >= 0.3 is 0 Å². The Bertz CT molecular complexity index is 1040. The lowest BCUT2D eigenvalue weighted by atomic mass is 9.84. The minimum absolute atomic E-state index is 0.147. The Labute approximate surface area is 157 Å². The van der Waals surface area contributed by atoms with E-state index in [0.717, 1.165) is 29.8 Å². The number of H-pyrrole nitrogens is 1. The second-order valence-corrected chi connectivity index (χ2v) is 6.83. The molecule has 1 aromatic carbocycles. The van der Waals surface area contributed by atoms with Crippen LogP contribution in [0.15, 0.2) is 17.8 Å². The SMILES string of the molecule is CC#CC(=O)NC1=C[C@H](c2c(F)cc(C(N)=O)c3[nH]c(C)c(C)c23)CCC1. The van der Waals surface area contributed by atoms with Gasteiger partial charge in [0.25, 0.3) is 11.8 Å². The van der Waals surface area contributed by atoms with Crippen molar-refractivity contribution in [1.82, 2.24) is 10.3 Å². The first kappa shape index (κ1) is 18.7. The van der Waals surface area contributed by atoms with Gasteiger partial charge in [0.15, 0.2) is 0 Å². The van der Waals surface area contributed by atoms with E-state index in [1.807, 2.05) is 19.9 Å². The topological polar surface area (TPSA) is 88.0 Å². The van der Waals surface area contributed by atoms with Crippen molar-refractivity contribution in [2.24, 2.45) is 5.73 Å². The first-order valence-corrected chi connectivity index (χ1v) is 8.89. The third kappa shape index (κ3) is 3.45. The molecule has 2 amide bonds. The number of halogens is 1. The summed E-state index contributed by atoms with van der Waals surface area (Å²) in [4.78, 5) is 26.7. The highest BCUT2D eigenvalue weighted by Gasteiger charge is 2.26. The number of hydrogen-bond acceptors (Lipinski definition) is 2. The van der Waals surface area contributed by atoms with Crippen molar-refractivity contribution in [3.05, 3.63) is 46.0 Å². The van der Waals surface area contributed by atoms with Crippen LogP contribution in [0.5, 0.6) is 0 Å². The van der Waals surface area contributed by atoms with Crippen LogP contribution in [0.4, 0.5) is 4.39 Å². The fraction of sp³-hybridized carbons (Fsp3) is 0.333. The highest BCUT2D eigenvalue weighted by molar-refractivity contribution is 6.07. The van der Waals surface area contributed by atoms with Crippen LogP contribution in [-0.2, 0) is 4.79 Å². The second-order valence-electron chi connectivity index (χ2n) is 6.83. The summed E-state index contributed by atoms with van der Waals surface area (Å²) in [5, 5.41) is 3.48. The standard InChI is InChI=1S/C21H22FN3O2/c1-4-6-17(26)25-14-8-5-7-13(9-14)19-16(22)10-15(21(23)27)20-18(19)11(2)12(3)24-20/h9-10,13,24H,5,7-8H2,1-3H3,(H2,23,27)(H,25,26)/t13-/m1/s1. The van der Waals surface area contributed by atoms with Crippen molar-refractivity contribution in [2.45, 2.75) is 46.0 Å². The Morgan fingerprint density at radius 1 is 1.37 bits per heavy atom. The van der Waals surface area contributed by atoms with E-state index < -0.39 is 11.7 Å². The zero-order valence-corrected chi connectivity index (χ0v) is 15.6. The molecule has 1 aromatic heterocycles. The largest absolute Gasteiger partial charge is 0.366 e. The van der Waals surface area contributed by atoms with Crippen LogP contribution in [0.3, 0.4) is 0 Å². The lowest BCUT2D eigenvalue weighted by Gasteiger charge is -2.23. The fourth-order valence-corrected chi connectivity index (χ4v) is 3.75. The minimum atomic E-state index is -0.669. The van der Waals surface area contributed by atoms with Gasteiger partial charge in [-0.05, 0) is 57.6 Å². The number of hydrogen-bond donors (Lipinski definition) is 3. The lowest BCUT2D eigenvalue weighted by molar-refractivity contribution is -0.115.